The van der Waals surface area contributed by atoms with Gasteiger partial charge < -0.3 is 4.57 Å². The SMILES string of the molecule is CCC1CCc2sc(-c3nnc(SCC(C)=O)n3C)cc2C1. The Morgan fingerprint density at radius 3 is 3.05 bits per heavy atom. The number of carbonyl (C=O) groups is 1. The molecule has 1 aliphatic carbocycles. The second-order valence-corrected chi connectivity index (χ2v) is 8.01. The fourth-order valence-corrected chi connectivity index (χ4v) is 4.82. The molecular formula is C16H21N3OS2. The normalized spacial score (nSPS) is 17.5. The lowest BCUT2D eigenvalue weighted by Crippen LogP contribution is -2.10. The fraction of sp³-hybridized carbons (Fsp3) is 0.562. The Bertz CT molecular complexity index is 690. The number of fused-ring (bicyclic) bond motifs is 1. The van der Waals surface area contributed by atoms with Crippen LogP contribution in [0, 0.1) is 5.92 Å². The zero-order valence-corrected chi connectivity index (χ0v) is 14.9. The summed E-state index contributed by atoms with van der Waals surface area (Å²) in [5.41, 5.74) is 1.50. The number of hydrogen-bond donors (Lipinski definition) is 0. The number of rotatable bonds is 5. The molecule has 0 saturated heterocycles. The highest BCUT2D eigenvalue weighted by Crippen LogP contribution is 2.37. The van der Waals surface area contributed by atoms with Crippen LogP contribution in [0.25, 0.3) is 10.7 Å². The van der Waals surface area contributed by atoms with Gasteiger partial charge in [-0.1, -0.05) is 25.1 Å². The van der Waals surface area contributed by atoms with E-state index in [9.17, 15) is 4.79 Å². The van der Waals surface area contributed by atoms with E-state index in [0.29, 0.717) is 5.75 Å². The highest BCUT2D eigenvalue weighted by Gasteiger charge is 2.22. The quantitative estimate of drug-likeness (QED) is 0.781. The molecule has 22 heavy (non-hydrogen) atoms. The van der Waals surface area contributed by atoms with Gasteiger partial charge in [-0.3, -0.25) is 4.79 Å². The van der Waals surface area contributed by atoms with Crippen LogP contribution < -0.4 is 0 Å². The molecule has 0 aromatic carbocycles. The number of thioether (sulfide) groups is 1. The fourth-order valence-electron chi connectivity index (χ4n) is 2.88. The molecule has 0 aliphatic heterocycles. The number of nitrogens with zero attached hydrogens (tertiary/aromatic N) is 3. The Labute approximate surface area is 139 Å². The standard InChI is InChI=1S/C16H21N3OS2/c1-4-11-5-6-13-12(7-11)8-14(22-13)15-17-18-16(19(15)3)21-9-10(2)20/h8,11H,4-7,9H2,1-3H3. The number of hydrogen-bond acceptors (Lipinski definition) is 5. The number of ketones is 1. The zero-order chi connectivity index (χ0) is 15.7. The first kappa shape index (κ1) is 15.7. The largest absolute Gasteiger partial charge is 0.304 e. The first-order chi connectivity index (χ1) is 10.6. The third-order valence-corrected chi connectivity index (χ3v) is 6.62. The lowest BCUT2D eigenvalue weighted by Gasteiger charge is -2.19. The molecule has 0 amide bonds. The van der Waals surface area contributed by atoms with E-state index in [4.69, 9.17) is 0 Å². The van der Waals surface area contributed by atoms with Crippen molar-refractivity contribution in [2.75, 3.05) is 5.75 Å². The summed E-state index contributed by atoms with van der Waals surface area (Å²) >= 11 is 3.31. The first-order valence-corrected chi connectivity index (χ1v) is 9.52. The molecule has 0 bridgehead atoms. The molecule has 1 aliphatic rings. The minimum atomic E-state index is 0.159. The van der Waals surface area contributed by atoms with E-state index in [1.807, 2.05) is 23.0 Å². The van der Waals surface area contributed by atoms with Gasteiger partial charge in [-0.25, -0.2) is 0 Å². The first-order valence-electron chi connectivity index (χ1n) is 7.72. The van der Waals surface area contributed by atoms with E-state index in [1.54, 1.807) is 6.92 Å². The van der Waals surface area contributed by atoms with Gasteiger partial charge in [0.15, 0.2) is 11.0 Å². The maximum Gasteiger partial charge on any atom is 0.191 e. The van der Waals surface area contributed by atoms with E-state index in [1.165, 1.54) is 52.8 Å². The molecule has 2 aromatic heterocycles. The maximum atomic E-state index is 11.1. The minimum Gasteiger partial charge on any atom is -0.304 e. The number of aryl methyl sites for hydroxylation is 1. The van der Waals surface area contributed by atoms with Crippen LogP contribution >= 0.6 is 23.1 Å². The number of thiophene rings is 1. The molecule has 2 heterocycles. The molecule has 0 spiro atoms. The van der Waals surface area contributed by atoms with Crippen LogP contribution in [0.2, 0.25) is 0 Å². The van der Waals surface area contributed by atoms with Crippen LogP contribution in [0.1, 0.15) is 37.1 Å². The van der Waals surface area contributed by atoms with Gasteiger partial charge in [0.2, 0.25) is 0 Å². The number of Topliss-reactive ketones (excluding diaryl/α,β-unsaturated/α-hetero) is 1. The van der Waals surface area contributed by atoms with Gasteiger partial charge in [-0.15, -0.1) is 21.5 Å². The Hall–Kier alpha value is -1.14. The summed E-state index contributed by atoms with van der Waals surface area (Å²) in [6.45, 7) is 3.88. The van der Waals surface area contributed by atoms with Crippen LogP contribution in [0.4, 0.5) is 0 Å². The Morgan fingerprint density at radius 1 is 1.50 bits per heavy atom. The van der Waals surface area contributed by atoms with Crippen molar-refractivity contribution < 1.29 is 4.79 Å². The molecule has 0 fully saturated rings. The van der Waals surface area contributed by atoms with E-state index in [2.05, 4.69) is 23.2 Å². The summed E-state index contributed by atoms with van der Waals surface area (Å²) in [4.78, 5) is 13.8. The van der Waals surface area contributed by atoms with Gasteiger partial charge in [-0.05, 0) is 43.7 Å². The van der Waals surface area contributed by atoms with Crippen molar-refractivity contribution in [1.29, 1.82) is 0 Å². The van der Waals surface area contributed by atoms with Gasteiger partial charge >= 0.3 is 0 Å². The Kier molecular flexibility index (Phi) is 4.68. The van der Waals surface area contributed by atoms with Gasteiger partial charge in [0.1, 0.15) is 5.78 Å². The number of carbonyl (C=O) groups excluding carboxylic acids is 1. The summed E-state index contributed by atoms with van der Waals surface area (Å²) in [5.74, 6) is 2.35. The molecule has 0 N–H and O–H groups in total. The molecule has 4 nitrogen and oxygen atoms in total. The Morgan fingerprint density at radius 2 is 2.32 bits per heavy atom. The molecule has 6 heteroatoms. The van der Waals surface area contributed by atoms with E-state index in [0.717, 1.165) is 16.9 Å². The van der Waals surface area contributed by atoms with Crippen molar-refractivity contribution in [3.05, 3.63) is 16.5 Å². The smallest absolute Gasteiger partial charge is 0.191 e. The molecule has 0 radical (unpaired) electrons. The van der Waals surface area contributed by atoms with E-state index in [-0.39, 0.29) is 5.78 Å². The summed E-state index contributed by atoms with van der Waals surface area (Å²) in [5, 5.41) is 9.38. The highest BCUT2D eigenvalue weighted by molar-refractivity contribution is 7.99. The van der Waals surface area contributed by atoms with Crippen molar-refractivity contribution in [3.63, 3.8) is 0 Å². The summed E-state index contributed by atoms with van der Waals surface area (Å²) in [6, 6.07) is 2.30. The van der Waals surface area contributed by atoms with Crippen LogP contribution in [0.15, 0.2) is 11.2 Å². The van der Waals surface area contributed by atoms with Crippen LogP contribution in [0.3, 0.4) is 0 Å². The van der Waals surface area contributed by atoms with Gasteiger partial charge in [0.05, 0.1) is 10.6 Å². The van der Waals surface area contributed by atoms with Crippen molar-refractivity contribution >= 4 is 28.9 Å². The molecule has 1 unspecified atom stereocenters. The predicted molar refractivity (Wildman–Crippen MR) is 91.5 cm³/mol. The third-order valence-electron chi connectivity index (χ3n) is 4.22. The average Bonchev–Trinajstić information content (AvgIpc) is 3.07. The van der Waals surface area contributed by atoms with Crippen LogP contribution in [-0.2, 0) is 24.7 Å². The van der Waals surface area contributed by atoms with Crippen molar-refractivity contribution in [3.8, 4) is 10.7 Å². The third kappa shape index (κ3) is 3.13. The molecule has 0 saturated carbocycles. The second-order valence-electron chi connectivity index (χ2n) is 5.93. The molecule has 2 aromatic rings. The highest BCUT2D eigenvalue weighted by atomic mass is 32.2. The number of aromatic nitrogens is 3. The summed E-state index contributed by atoms with van der Waals surface area (Å²) in [6.07, 6.45) is 4.97. The van der Waals surface area contributed by atoms with Crippen molar-refractivity contribution in [2.24, 2.45) is 13.0 Å². The van der Waals surface area contributed by atoms with Crippen molar-refractivity contribution in [2.45, 2.75) is 44.7 Å². The minimum absolute atomic E-state index is 0.159. The van der Waals surface area contributed by atoms with Crippen LogP contribution in [0.5, 0.6) is 0 Å². The lowest BCUT2D eigenvalue weighted by molar-refractivity contribution is -0.114. The Balaban J connectivity index is 1.83. The van der Waals surface area contributed by atoms with E-state index >= 15 is 0 Å². The van der Waals surface area contributed by atoms with Gasteiger partial charge in [0, 0.05) is 11.9 Å². The molecular weight excluding hydrogens is 314 g/mol. The van der Waals surface area contributed by atoms with Gasteiger partial charge in [0.25, 0.3) is 0 Å². The molecule has 1 atom stereocenters. The molecule has 118 valence electrons. The predicted octanol–water partition coefficient (Wildman–Crippen LogP) is 3.74. The second kappa shape index (κ2) is 6.54. The molecule has 3 rings (SSSR count). The average molecular weight is 335 g/mol. The van der Waals surface area contributed by atoms with Crippen LogP contribution in [-0.4, -0.2) is 26.3 Å². The van der Waals surface area contributed by atoms with E-state index < -0.39 is 0 Å². The monoisotopic (exact) mass is 335 g/mol. The van der Waals surface area contributed by atoms with Crippen molar-refractivity contribution in [1.82, 2.24) is 14.8 Å². The van der Waals surface area contributed by atoms with Gasteiger partial charge in [-0.2, -0.15) is 0 Å². The summed E-state index contributed by atoms with van der Waals surface area (Å²) in [7, 11) is 1.98. The topological polar surface area (TPSA) is 47.8 Å². The lowest BCUT2D eigenvalue weighted by atomic mass is 9.87. The summed E-state index contributed by atoms with van der Waals surface area (Å²) < 4.78 is 2.00. The zero-order valence-electron chi connectivity index (χ0n) is 13.3. The maximum absolute atomic E-state index is 11.1.